The second-order valence-electron chi connectivity index (χ2n) is 6.54. The number of carbonyl (C=O) groups is 2. The number of hydrogen-bond donors (Lipinski definition) is 2. The molecule has 2 N–H and O–H groups in total. The summed E-state index contributed by atoms with van der Waals surface area (Å²) in [6.07, 6.45) is 14.0. The van der Waals surface area contributed by atoms with Gasteiger partial charge in [-0.15, -0.1) is 0 Å². The molecule has 23 heavy (non-hydrogen) atoms. The Kier molecular flexibility index (Phi) is 18.4. The molecule has 0 aliphatic carbocycles. The third-order valence-corrected chi connectivity index (χ3v) is 4.28. The van der Waals surface area contributed by atoms with E-state index in [9.17, 15) is 9.59 Å². The van der Waals surface area contributed by atoms with Gasteiger partial charge in [0.05, 0.1) is 0 Å². The fraction of sp³-hybridized carbons (Fsp3) is 0.889. The number of rotatable bonds is 15. The van der Waals surface area contributed by atoms with Crippen LogP contribution in [0.2, 0.25) is 0 Å². The Morgan fingerprint density at radius 2 is 1.17 bits per heavy atom. The Bertz CT molecular complexity index is 293. The molecule has 0 saturated carbocycles. The molecule has 0 fully saturated rings. The summed E-state index contributed by atoms with van der Waals surface area (Å²) in [4.78, 5) is 21.7. The SMILES string of the molecule is CCCCCCCCCCCCC(C)CC(C(=O)O)C(=O)O.[NaH]. The number of aliphatic carboxylic acids is 2. The van der Waals surface area contributed by atoms with Gasteiger partial charge < -0.3 is 10.2 Å². The average Bonchev–Trinajstić information content (AvgIpc) is 2.46. The van der Waals surface area contributed by atoms with E-state index in [2.05, 4.69) is 6.92 Å². The van der Waals surface area contributed by atoms with Crippen LogP contribution in [0.3, 0.4) is 0 Å². The van der Waals surface area contributed by atoms with Crippen molar-refractivity contribution in [2.75, 3.05) is 0 Å². The molecule has 0 bridgehead atoms. The van der Waals surface area contributed by atoms with Crippen molar-refractivity contribution in [3.8, 4) is 0 Å². The second kappa shape index (κ2) is 16.8. The van der Waals surface area contributed by atoms with Gasteiger partial charge in [0.25, 0.3) is 0 Å². The number of carboxylic acids is 2. The van der Waals surface area contributed by atoms with E-state index < -0.39 is 17.9 Å². The van der Waals surface area contributed by atoms with Crippen LogP contribution in [0.15, 0.2) is 0 Å². The van der Waals surface area contributed by atoms with Crippen LogP contribution in [0.25, 0.3) is 0 Å². The van der Waals surface area contributed by atoms with Gasteiger partial charge in [-0.05, 0) is 12.3 Å². The number of unbranched alkanes of at least 4 members (excludes halogenated alkanes) is 9. The van der Waals surface area contributed by atoms with Gasteiger partial charge in [0.1, 0.15) is 0 Å². The van der Waals surface area contributed by atoms with Gasteiger partial charge in [-0.25, -0.2) is 0 Å². The van der Waals surface area contributed by atoms with Crippen LogP contribution >= 0.6 is 0 Å². The Morgan fingerprint density at radius 3 is 1.57 bits per heavy atom. The van der Waals surface area contributed by atoms with Crippen LogP contribution in [0.1, 0.15) is 90.9 Å². The minimum atomic E-state index is -1.25. The molecule has 0 radical (unpaired) electrons. The van der Waals surface area contributed by atoms with E-state index in [0.29, 0.717) is 0 Å². The molecule has 0 aliphatic rings. The predicted octanol–water partition coefficient (Wildman–Crippen LogP) is 4.46. The molecule has 0 saturated heterocycles. The molecule has 0 spiro atoms. The zero-order valence-electron chi connectivity index (χ0n) is 14.4. The predicted molar refractivity (Wildman–Crippen MR) is 96.2 cm³/mol. The topological polar surface area (TPSA) is 74.6 Å². The van der Waals surface area contributed by atoms with Crippen molar-refractivity contribution in [2.45, 2.75) is 90.9 Å². The Morgan fingerprint density at radius 1 is 0.783 bits per heavy atom. The molecule has 0 aromatic carbocycles. The second-order valence-corrected chi connectivity index (χ2v) is 6.54. The van der Waals surface area contributed by atoms with Crippen LogP contribution in [-0.4, -0.2) is 51.7 Å². The van der Waals surface area contributed by atoms with Crippen molar-refractivity contribution >= 4 is 41.5 Å². The Hall–Kier alpha value is -0.0600. The third kappa shape index (κ3) is 15.2. The first kappa shape index (κ1) is 25.2. The van der Waals surface area contributed by atoms with Crippen LogP contribution in [0.4, 0.5) is 0 Å². The fourth-order valence-electron chi connectivity index (χ4n) is 2.81. The van der Waals surface area contributed by atoms with E-state index in [4.69, 9.17) is 10.2 Å². The molecule has 0 aromatic heterocycles. The summed E-state index contributed by atoms with van der Waals surface area (Å²) in [7, 11) is 0. The van der Waals surface area contributed by atoms with Gasteiger partial charge >= 0.3 is 41.5 Å². The molecular weight excluding hydrogens is 303 g/mol. The molecule has 0 rings (SSSR count). The van der Waals surface area contributed by atoms with Crippen molar-refractivity contribution in [3.05, 3.63) is 0 Å². The molecule has 0 heterocycles. The Balaban J connectivity index is 0. The first-order valence-electron chi connectivity index (χ1n) is 8.94. The first-order valence-corrected chi connectivity index (χ1v) is 8.94. The molecule has 1 unspecified atom stereocenters. The molecule has 0 amide bonds. The van der Waals surface area contributed by atoms with Crippen LogP contribution < -0.4 is 0 Å². The summed E-state index contributed by atoms with van der Waals surface area (Å²) >= 11 is 0. The fourth-order valence-corrected chi connectivity index (χ4v) is 2.81. The van der Waals surface area contributed by atoms with Crippen molar-refractivity contribution < 1.29 is 19.8 Å². The molecule has 5 heteroatoms. The quantitative estimate of drug-likeness (QED) is 0.263. The normalized spacial score (nSPS) is 12.0. The van der Waals surface area contributed by atoms with Crippen molar-refractivity contribution in [1.82, 2.24) is 0 Å². The maximum atomic E-state index is 10.8. The summed E-state index contributed by atoms with van der Waals surface area (Å²) < 4.78 is 0. The van der Waals surface area contributed by atoms with Crippen LogP contribution in [0.5, 0.6) is 0 Å². The van der Waals surface area contributed by atoms with E-state index in [0.717, 1.165) is 12.8 Å². The Labute approximate surface area is 163 Å². The number of hydrogen-bond acceptors (Lipinski definition) is 2. The van der Waals surface area contributed by atoms with Crippen molar-refractivity contribution in [3.63, 3.8) is 0 Å². The number of carboxylic acid groups (broad SMARTS) is 2. The molecule has 0 aromatic rings. The van der Waals surface area contributed by atoms with E-state index >= 15 is 0 Å². The molecule has 132 valence electrons. The molecule has 1 atom stereocenters. The van der Waals surface area contributed by atoms with E-state index in [1.54, 1.807) is 0 Å². The van der Waals surface area contributed by atoms with Crippen molar-refractivity contribution in [2.24, 2.45) is 11.8 Å². The summed E-state index contributed by atoms with van der Waals surface area (Å²) in [6, 6.07) is 0. The maximum absolute atomic E-state index is 10.8. The zero-order chi connectivity index (χ0) is 16.8. The molecular formula is C18H35NaO4. The van der Waals surface area contributed by atoms with Gasteiger partial charge in [0, 0.05) is 0 Å². The molecule has 0 aliphatic heterocycles. The molecule has 4 nitrogen and oxygen atoms in total. The standard InChI is InChI=1S/C18H34O4.Na.H/c1-3-4-5-6-7-8-9-10-11-12-13-15(2)14-16(17(19)20)18(21)22;;/h15-16H,3-14H2,1-2H3,(H,19,20)(H,21,22);;. The van der Waals surface area contributed by atoms with Gasteiger partial charge in [-0.2, -0.15) is 0 Å². The van der Waals surface area contributed by atoms with Gasteiger partial charge in [0.15, 0.2) is 5.92 Å². The van der Waals surface area contributed by atoms with Crippen LogP contribution in [0, 0.1) is 11.8 Å². The van der Waals surface area contributed by atoms with Crippen LogP contribution in [-0.2, 0) is 9.59 Å². The van der Waals surface area contributed by atoms with E-state index in [1.807, 2.05) is 6.92 Å². The monoisotopic (exact) mass is 338 g/mol. The van der Waals surface area contributed by atoms with E-state index in [1.165, 1.54) is 57.8 Å². The zero-order valence-corrected chi connectivity index (χ0v) is 14.4. The van der Waals surface area contributed by atoms with Crippen molar-refractivity contribution in [1.29, 1.82) is 0 Å². The minimum absolute atomic E-state index is 0. The summed E-state index contributed by atoms with van der Waals surface area (Å²) in [5.41, 5.74) is 0. The van der Waals surface area contributed by atoms with Gasteiger partial charge in [-0.1, -0.05) is 84.5 Å². The average molecular weight is 338 g/mol. The van der Waals surface area contributed by atoms with Gasteiger partial charge in [0.2, 0.25) is 0 Å². The summed E-state index contributed by atoms with van der Waals surface area (Å²) in [5.74, 6) is -3.53. The third-order valence-electron chi connectivity index (χ3n) is 4.28. The van der Waals surface area contributed by atoms with E-state index in [-0.39, 0.29) is 41.9 Å². The van der Waals surface area contributed by atoms with Gasteiger partial charge in [-0.3, -0.25) is 9.59 Å². The summed E-state index contributed by atoms with van der Waals surface area (Å²) in [6.45, 7) is 4.18. The first-order chi connectivity index (χ1) is 10.5. The summed E-state index contributed by atoms with van der Waals surface area (Å²) in [5, 5.41) is 17.7.